The average Bonchev–Trinajstić information content (AvgIpc) is 3.12. The summed E-state index contributed by atoms with van der Waals surface area (Å²) in [7, 11) is 0. The topological polar surface area (TPSA) is 98.1 Å². The van der Waals surface area contributed by atoms with Gasteiger partial charge in [-0.1, -0.05) is 13.8 Å². The van der Waals surface area contributed by atoms with Crippen molar-refractivity contribution in [2.24, 2.45) is 5.92 Å². The molecule has 11 heteroatoms. The number of alkyl halides is 3. The Bertz CT molecular complexity index is 906. The van der Waals surface area contributed by atoms with Crippen molar-refractivity contribution in [2.75, 3.05) is 5.32 Å². The van der Waals surface area contributed by atoms with E-state index in [1.165, 1.54) is 12.1 Å². The predicted octanol–water partition coefficient (Wildman–Crippen LogP) is 4.16. The molecular weight excluding hydrogens is 415 g/mol. The fourth-order valence-corrected chi connectivity index (χ4v) is 2.76. The third kappa shape index (κ3) is 7.26. The van der Waals surface area contributed by atoms with E-state index in [1.54, 1.807) is 20.8 Å². The fraction of sp³-hybridized carbons (Fsp3) is 0.500. The molecule has 2 N–H and O–H groups in total. The highest BCUT2D eigenvalue weighted by atomic mass is 19.4. The number of aromatic nitrogens is 3. The Morgan fingerprint density at radius 2 is 1.87 bits per heavy atom. The Morgan fingerprint density at radius 3 is 2.39 bits per heavy atom. The Hall–Kier alpha value is -3.11. The van der Waals surface area contributed by atoms with Crippen molar-refractivity contribution in [1.29, 1.82) is 0 Å². The summed E-state index contributed by atoms with van der Waals surface area (Å²) in [5.74, 6) is -0.618. The summed E-state index contributed by atoms with van der Waals surface area (Å²) in [5.41, 5.74) is -2.05. The molecule has 2 amide bonds. The molecule has 0 saturated heterocycles. The molecule has 0 fully saturated rings. The van der Waals surface area contributed by atoms with E-state index in [0.29, 0.717) is 0 Å². The molecule has 1 heterocycles. The number of nitrogens with one attached hydrogen (secondary N) is 2. The molecule has 0 spiro atoms. The van der Waals surface area contributed by atoms with Gasteiger partial charge in [0.15, 0.2) is 0 Å². The van der Waals surface area contributed by atoms with E-state index in [0.717, 1.165) is 23.4 Å². The van der Waals surface area contributed by atoms with Crippen LogP contribution in [0, 0.1) is 5.92 Å². The van der Waals surface area contributed by atoms with Crippen LogP contribution in [0.2, 0.25) is 0 Å². The van der Waals surface area contributed by atoms with Gasteiger partial charge in [-0.15, -0.1) is 0 Å². The summed E-state index contributed by atoms with van der Waals surface area (Å²) in [6.45, 7) is 8.75. The highest BCUT2D eigenvalue weighted by Crippen LogP contribution is 2.35. The van der Waals surface area contributed by atoms with Gasteiger partial charge in [-0.25, -0.2) is 14.5 Å². The summed E-state index contributed by atoms with van der Waals surface area (Å²) in [6, 6.07) is 2.34. The maximum absolute atomic E-state index is 13.6. The predicted molar refractivity (Wildman–Crippen MR) is 108 cm³/mol. The van der Waals surface area contributed by atoms with Gasteiger partial charge >= 0.3 is 12.3 Å². The lowest BCUT2D eigenvalue weighted by Gasteiger charge is -2.24. The minimum Gasteiger partial charge on any atom is -0.444 e. The summed E-state index contributed by atoms with van der Waals surface area (Å²) < 4.78 is 46.9. The quantitative estimate of drug-likeness (QED) is 0.701. The number of carbonyl (C=O) groups excluding carboxylic acids is 2. The normalized spacial score (nSPS) is 13.1. The molecule has 0 aliphatic rings. The van der Waals surface area contributed by atoms with Crippen molar-refractivity contribution >= 4 is 17.7 Å². The van der Waals surface area contributed by atoms with Gasteiger partial charge < -0.3 is 15.4 Å². The number of hydrogen-bond acceptors (Lipinski definition) is 5. The second kappa shape index (κ2) is 9.36. The van der Waals surface area contributed by atoms with Gasteiger partial charge in [0.1, 0.15) is 24.3 Å². The Balaban J connectivity index is 2.25. The number of amides is 2. The van der Waals surface area contributed by atoms with E-state index in [9.17, 15) is 22.8 Å². The van der Waals surface area contributed by atoms with Crippen molar-refractivity contribution in [3.63, 3.8) is 0 Å². The summed E-state index contributed by atoms with van der Waals surface area (Å²) in [5, 5.41) is 8.66. The van der Waals surface area contributed by atoms with Gasteiger partial charge in [0.05, 0.1) is 11.3 Å². The lowest BCUT2D eigenvalue weighted by atomic mass is 10.0. The Morgan fingerprint density at radius 1 is 1.19 bits per heavy atom. The van der Waals surface area contributed by atoms with Crippen LogP contribution in [-0.4, -0.2) is 38.4 Å². The first-order valence-electron chi connectivity index (χ1n) is 9.63. The molecular formula is C20H26F3N5O3. The zero-order chi connectivity index (χ0) is 23.4. The van der Waals surface area contributed by atoms with E-state index >= 15 is 0 Å². The van der Waals surface area contributed by atoms with Crippen LogP contribution in [0.25, 0.3) is 5.69 Å². The van der Waals surface area contributed by atoms with Crippen molar-refractivity contribution in [2.45, 2.75) is 58.9 Å². The molecule has 2 rings (SSSR count). The van der Waals surface area contributed by atoms with Crippen LogP contribution in [0.3, 0.4) is 0 Å². The number of anilines is 1. The number of rotatable bonds is 6. The van der Waals surface area contributed by atoms with Crippen LogP contribution in [0.5, 0.6) is 0 Å². The number of hydrogen-bond donors (Lipinski definition) is 2. The van der Waals surface area contributed by atoms with Gasteiger partial charge in [-0.05, 0) is 51.3 Å². The van der Waals surface area contributed by atoms with E-state index < -0.39 is 35.4 Å². The van der Waals surface area contributed by atoms with Gasteiger partial charge in [0.2, 0.25) is 5.91 Å². The van der Waals surface area contributed by atoms with E-state index in [4.69, 9.17) is 4.74 Å². The number of alkyl carbamates (subject to hydrolysis) is 1. The summed E-state index contributed by atoms with van der Waals surface area (Å²) >= 11 is 0. The summed E-state index contributed by atoms with van der Waals surface area (Å²) in [6.07, 6.45) is -2.94. The number of benzene rings is 1. The maximum atomic E-state index is 13.6. The first-order chi connectivity index (χ1) is 14.3. The molecule has 1 unspecified atom stereocenters. The van der Waals surface area contributed by atoms with Gasteiger partial charge in [-0.2, -0.15) is 18.3 Å². The first-order valence-corrected chi connectivity index (χ1v) is 9.63. The molecule has 0 aliphatic carbocycles. The van der Waals surface area contributed by atoms with Crippen LogP contribution < -0.4 is 10.6 Å². The Labute approximate surface area is 178 Å². The SMILES string of the molecule is CC(C)CC(NC(=O)OC(C)(C)C)C(=O)Nc1ccc(-n2cncn2)c(C(F)(F)F)c1. The van der Waals surface area contributed by atoms with Gasteiger partial charge in [-0.3, -0.25) is 4.79 Å². The molecule has 0 aliphatic heterocycles. The fourth-order valence-electron chi connectivity index (χ4n) is 2.76. The third-order valence-corrected chi connectivity index (χ3v) is 3.95. The van der Waals surface area contributed by atoms with Crippen LogP contribution in [0.4, 0.5) is 23.7 Å². The first kappa shape index (κ1) is 24.2. The third-order valence-electron chi connectivity index (χ3n) is 3.95. The molecule has 0 radical (unpaired) electrons. The van der Waals surface area contributed by atoms with Crippen molar-refractivity contribution in [1.82, 2.24) is 20.1 Å². The summed E-state index contributed by atoms with van der Waals surface area (Å²) in [4.78, 5) is 28.5. The highest BCUT2D eigenvalue weighted by Gasteiger charge is 2.35. The number of nitrogens with zero attached hydrogens (tertiary/aromatic N) is 3. The van der Waals surface area contributed by atoms with Crippen LogP contribution in [0.1, 0.15) is 46.6 Å². The molecule has 1 aromatic heterocycles. The molecule has 170 valence electrons. The van der Waals surface area contributed by atoms with Crippen molar-refractivity contribution < 1.29 is 27.5 Å². The second-order valence-electron chi connectivity index (χ2n) is 8.39. The monoisotopic (exact) mass is 441 g/mol. The molecule has 2 aromatic rings. The largest absolute Gasteiger partial charge is 0.444 e. The van der Waals surface area contributed by atoms with Gasteiger partial charge in [0.25, 0.3) is 0 Å². The zero-order valence-electron chi connectivity index (χ0n) is 17.9. The van der Waals surface area contributed by atoms with E-state index in [1.807, 2.05) is 13.8 Å². The van der Waals surface area contributed by atoms with Crippen molar-refractivity contribution in [3.05, 3.63) is 36.4 Å². The molecule has 31 heavy (non-hydrogen) atoms. The maximum Gasteiger partial charge on any atom is 0.418 e. The standard InChI is InChI=1S/C20H26F3N5O3/c1-12(2)8-15(27-18(30)31-19(3,4)5)17(29)26-13-6-7-16(28-11-24-10-25-28)14(9-13)20(21,22)23/h6-7,9-12,15H,8H2,1-5H3,(H,26,29)(H,27,30). The van der Waals surface area contributed by atoms with Gasteiger partial charge in [0, 0.05) is 5.69 Å². The van der Waals surface area contributed by atoms with Crippen LogP contribution >= 0.6 is 0 Å². The molecule has 0 saturated carbocycles. The lowest BCUT2D eigenvalue weighted by molar-refractivity contribution is -0.137. The second-order valence-corrected chi connectivity index (χ2v) is 8.39. The molecule has 0 bridgehead atoms. The number of ether oxygens (including phenoxy) is 1. The van der Waals surface area contributed by atoms with Crippen LogP contribution in [0.15, 0.2) is 30.9 Å². The molecule has 1 atom stereocenters. The molecule has 1 aromatic carbocycles. The lowest BCUT2D eigenvalue weighted by Crippen LogP contribution is -2.46. The minimum absolute atomic E-state index is 0.0334. The zero-order valence-corrected chi connectivity index (χ0v) is 17.9. The number of carbonyl (C=O) groups is 2. The average molecular weight is 441 g/mol. The highest BCUT2D eigenvalue weighted by molar-refractivity contribution is 5.96. The number of halogens is 3. The van der Waals surface area contributed by atoms with E-state index in [-0.39, 0.29) is 23.7 Å². The minimum atomic E-state index is -4.69. The Kier molecular flexibility index (Phi) is 7.29. The van der Waals surface area contributed by atoms with Crippen LogP contribution in [-0.2, 0) is 15.7 Å². The van der Waals surface area contributed by atoms with E-state index in [2.05, 4.69) is 20.7 Å². The van der Waals surface area contributed by atoms with Crippen molar-refractivity contribution in [3.8, 4) is 5.69 Å². The smallest absolute Gasteiger partial charge is 0.418 e. The molecule has 8 nitrogen and oxygen atoms in total.